The summed E-state index contributed by atoms with van der Waals surface area (Å²) < 4.78 is 44.3. The highest BCUT2D eigenvalue weighted by Crippen LogP contribution is 2.38. The first-order valence-corrected chi connectivity index (χ1v) is 11.0. The van der Waals surface area contributed by atoms with E-state index >= 15 is 0 Å². The molecule has 1 aliphatic heterocycles. The third-order valence-electron chi connectivity index (χ3n) is 4.13. The second kappa shape index (κ2) is 8.74. The fourth-order valence-electron chi connectivity index (χ4n) is 2.72. The van der Waals surface area contributed by atoms with Crippen LogP contribution in [-0.2, 0) is 0 Å². The Bertz CT molecular complexity index is 1230. The van der Waals surface area contributed by atoms with E-state index in [0.29, 0.717) is 22.7 Å². The van der Waals surface area contributed by atoms with Gasteiger partial charge in [0.25, 0.3) is 5.89 Å². The fraction of sp³-hybridized carbons (Fsp3) is 0.294. The number of thiazole rings is 1. The number of carbonyl (C=O) groups is 1. The number of hydrogen-bond acceptors (Lipinski definition) is 9. The summed E-state index contributed by atoms with van der Waals surface area (Å²) in [6.45, 7) is 2.13. The summed E-state index contributed by atoms with van der Waals surface area (Å²) in [6, 6.07) is -0.878. The molecule has 32 heavy (non-hydrogen) atoms. The number of aromatic amines is 1. The number of rotatable bonds is 5. The standard InChI is InChI=1S/C17H14F3N7O3S2/c1-2-21-15(28)25-11-3-7(13-24-10(6-32-13)17(18,19)20)8(4-22-11)14-23-9(5-31-14)12-26-27-16(29)30-12/h3-5,10H,2,6H2,1H3,(H,27,29)(H2,21,22,25,28). The van der Waals surface area contributed by atoms with Crippen molar-refractivity contribution < 1.29 is 22.4 Å². The molecule has 0 saturated heterocycles. The third-order valence-corrected chi connectivity index (χ3v) is 6.09. The predicted molar refractivity (Wildman–Crippen MR) is 113 cm³/mol. The van der Waals surface area contributed by atoms with E-state index < -0.39 is 24.0 Å². The van der Waals surface area contributed by atoms with Crippen molar-refractivity contribution in [1.82, 2.24) is 25.5 Å². The SMILES string of the molecule is CCNC(=O)Nc1cc(C2=NC(C(F)(F)F)CS2)c(-c2nc(-c3n[nH]c(=O)o3)cs2)cn1. The molecule has 4 heterocycles. The zero-order valence-electron chi connectivity index (χ0n) is 16.2. The van der Waals surface area contributed by atoms with Crippen LogP contribution in [0.15, 0.2) is 31.8 Å². The van der Waals surface area contributed by atoms with Crippen LogP contribution in [-0.4, -0.2) is 55.8 Å². The van der Waals surface area contributed by atoms with E-state index in [9.17, 15) is 22.8 Å². The van der Waals surface area contributed by atoms with Crippen molar-refractivity contribution in [2.75, 3.05) is 17.6 Å². The van der Waals surface area contributed by atoms with Crippen LogP contribution in [0.5, 0.6) is 0 Å². The number of aromatic nitrogens is 4. The van der Waals surface area contributed by atoms with Gasteiger partial charge in [-0.25, -0.2) is 24.7 Å². The number of pyridine rings is 1. The van der Waals surface area contributed by atoms with Crippen molar-refractivity contribution in [1.29, 1.82) is 0 Å². The highest BCUT2D eigenvalue weighted by molar-refractivity contribution is 8.14. The lowest BCUT2D eigenvalue weighted by Gasteiger charge is -2.11. The van der Waals surface area contributed by atoms with Gasteiger partial charge in [0.05, 0.1) is 5.04 Å². The topological polar surface area (TPSA) is 138 Å². The second-order valence-corrected chi connectivity index (χ2v) is 8.23. The molecule has 168 valence electrons. The van der Waals surface area contributed by atoms with Crippen molar-refractivity contribution in [3.05, 3.63) is 33.8 Å². The molecule has 0 aromatic carbocycles. The zero-order chi connectivity index (χ0) is 22.9. The highest BCUT2D eigenvalue weighted by atomic mass is 32.2. The average Bonchev–Trinajstić information content (AvgIpc) is 3.48. The van der Waals surface area contributed by atoms with Crippen molar-refractivity contribution in [3.63, 3.8) is 0 Å². The maximum atomic E-state index is 13.1. The molecule has 3 aromatic heterocycles. The zero-order valence-corrected chi connectivity index (χ0v) is 17.8. The number of halogens is 3. The van der Waals surface area contributed by atoms with Gasteiger partial charge >= 0.3 is 18.0 Å². The van der Waals surface area contributed by atoms with E-state index in [1.807, 2.05) is 0 Å². The van der Waals surface area contributed by atoms with Gasteiger partial charge in [-0.3, -0.25) is 10.3 Å². The molecule has 0 fully saturated rings. The molecule has 3 aromatic rings. The van der Waals surface area contributed by atoms with Gasteiger partial charge in [0.15, 0.2) is 6.04 Å². The lowest BCUT2D eigenvalue weighted by atomic mass is 10.1. The maximum absolute atomic E-state index is 13.1. The van der Waals surface area contributed by atoms with Crippen molar-refractivity contribution in [3.8, 4) is 22.2 Å². The molecule has 0 saturated carbocycles. The summed E-state index contributed by atoms with van der Waals surface area (Å²) in [6.07, 6.45) is -3.07. The third kappa shape index (κ3) is 4.67. The van der Waals surface area contributed by atoms with E-state index in [4.69, 9.17) is 4.42 Å². The summed E-state index contributed by atoms with van der Waals surface area (Å²) in [7, 11) is 0. The summed E-state index contributed by atoms with van der Waals surface area (Å²) in [4.78, 5) is 35.4. The van der Waals surface area contributed by atoms with Crippen LogP contribution in [0.1, 0.15) is 12.5 Å². The van der Waals surface area contributed by atoms with E-state index in [1.54, 1.807) is 12.3 Å². The smallest absolute Gasteiger partial charge is 0.386 e. The Labute approximate surface area is 185 Å². The van der Waals surface area contributed by atoms with Crippen LogP contribution < -0.4 is 16.4 Å². The fourth-order valence-corrected chi connectivity index (χ4v) is 4.64. The van der Waals surface area contributed by atoms with Gasteiger partial charge in [0.1, 0.15) is 16.5 Å². The molecule has 4 rings (SSSR count). The van der Waals surface area contributed by atoms with Gasteiger partial charge in [0.2, 0.25) is 0 Å². The lowest BCUT2D eigenvalue weighted by Crippen LogP contribution is -2.28. The van der Waals surface area contributed by atoms with Crippen LogP contribution in [0, 0.1) is 0 Å². The van der Waals surface area contributed by atoms with Crippen LogP contribution in [0.2, 0.25) is 0 Å². The van der Waals surface area contributed by atoms with Gasteiger partial charge in [-0.15, -0.1) is 28.2 Å². The van der Waals surface area contributed by atoms with Crippen LogP contribution >= 0.6 is 23.1 Å². The molecule has 3 N–H and O–H groups in total. The van der Waals surface area contributed by atoms with Gasteiger partial charge in [-0.05, 0) is 13.0 Å². The van der Waals surface area contributed by atoms with Gasteiger partial charge in [-0.1, -0.05) is 0 Å². The van der Waals surface area contributed by atoms with E-state index in [-0.39, 0.29) is 28.2 Å². The molecule has 1 aliphatic rings. The Morgan fingerprint density at radius 3 is 2.84 bits per heavy atom. The Kier molecular flexibility index (Phi) is 6.01. The molecule has 0 bridgehead atoms. The number of amides is 2. The number of urea groups is 1. The van der Waals surface area contributed by atoms with Crippen molar-refractivity contribution in [2.45, 2.75) is 19.1 Å². The number of aliphatic imine (C=N–C) groups is 1. The van der Waals surface area contributed by atoms with E-state index in [0.717, 1.165) is 23.1 Å². The number of anilines is 1. The molecule has 0 spiro atoms. The number of hydrogen-bond donors (Lipinski definition) is 3. The molecule has 10 nitrogen and oxygen atoms in total. The molecule has 1 atom stereocenters. The van der Waals surface area contributed by atoms with Crippen molar-refractivity contribution >= 4 is 40.0 Å². The summed E-state index contributed by atoms with van der Waals surface area (Å²) in [5, 5.41) is 13.1. The minimum absolute atomic E-state index is 0.0220. The highest BCUT2D eigenvalue weighted by Gasteiger charge is 2.43. The molecule has 1 unspecified atom stereocenters. The molecule has 0 aliphatic carbocycles. The number of thioether (sulfide) groups is 1. The number of carbonyl (C=O) groups excluding carboxylic acids is 1. The Morgan fingerprint density at radius 2 is 2.19 bits per heavy atom. The van der Waals surface area contributed by atoms with Crippen LogP contribution in [0.4, 0.5) is 23.8 Å². The quantitative estimate of drug-likeness (QED) is 0.505. The maximum Gasteiger partial charge on any atom is 0.434 e. The second-order valence-electron chi connectivity index (χ2n) is 6.36. The largest absolute Gasteiger partial charge is 0.434 e. The number of alkyl halides is 3. The molecule has 0 radical (unpaired) electrons. The number of nitrogens with zero attached hydrogens (tertiary/aromatic N) is 4. The Morgan fingerprint density at radius 1 is 1.38 bits per heavy atom. The van der Waals surface area contributed by atoms with Crippen LogP contribution in [0.25, 0.3) is 22.2 Å². The van der Waals surface area contributed by atoms with E-state index in [2.05, 4.69) is 35.8 Å². The molecule has 2 amide bonds. The van der Waals surface area contributed by atoms with E-state index in [1.165, 1.54) is 12.3 Å². The minimum Gasteiger partial charge on any atom is -0.386 e. The van der Waals surface area contributed by atoms with Gasteiger partial charge in [-0.2, -0.15) is 13.2 Å². The first-order valence-electron chi connectivity index (χ1n) is 9.09. The first kappa shape index (κ1) is 22.0. The summed E-state index contributed by atoms with van der Waals surface area (Å²) in [5.74, 6) is -0.872. The Balaban J connectivity index is 1.74. The monoisotopic (exact) mass is 485 g/mol. The summed E-state index contributed by atoms with van der Waals surface area (Å²) >= 11 is 2.12. The first-order chi connectivity index (χ1) is 15.2. The predicted octanol–water partition coefficient (Wildman–Crippen LogP) is 3.11. The van der Waals surface area contributed by atoms with Crippen LogP contribution in [0.3, 0.4) is 0 Å². The normalized spacial score (nSPS) is 16.1. The molecular formula is C17H14F3N7O3S2. The lowest BCUT2D eigenvalue weighted by molar-refractivity contribution is -0.141. The average molecular weight is 485 g/mol. The molecule has 15 heteroatoms. The Hall–Kier alpha value is -3.20. The van der Waals surface area contributed by atoms with Gasteiger partial charge < -0.3 is 9.73 Å². The van der Waals surface area contributed by atoms with Crippen molar-refractivity contribution in [2.24, 2.45) is 4.99 Å². The number of H-pyrrole nitrogens is 1. The molecular weight excluding hydrogens is 471 g/mol. The number of nitrogens with one attached hydrogen (secondary N) is 3. The van der Waals surface area contributed by atoms with Gasteiger partial charge in [0, 0.05) is 35.0 Å². The summed E-state index contributed by atoms with van der Waals surface area (Å²) in [5.41, 5.74) is 1.02. The minimum atomic E-state index is -4.46.